The Morgan fingerprint density at radius 3 is 2.45 bits per heavy atom. The molecule has 0 aromatic heterocycles. The molecule has 0 spiro atoms. The van der Waals surface area contributed by atoms with Crippen molar-refractivity contribution in [1.29, 1.82) is 0 Å². The molecule has 0 atom stereocenters. The quantitative estimate of drug-likeness (QED) is 0.681. The highest BCUT2D eigenvalue weighted by molar-refractivity contribution is 6.11. The summed E-state index contributed by atoms with van der Waals surface area (Å²) in [5, 5.41) is 2.44. The number of para-hydroxylation sites is 2. The number of anilines is 2. The third kappa shape index (κ3) is 3.31. The Labute approximate surface area is 165 Å². The molecule has 5 nitrogen and oxygen atoms in total. The van der Waals surface area contributed by atoms with Crippen molar-refractivity contribution in [2.75, 3.05) is 16.8 Å². The summed E-state index contributed by atoms with van der Waals surface area (Å²) >= 11 is 0. The third-order valence-electron chi connectivity index (χ3n) is 4.60. The number of carbonyl (C=O) groups excluding carboxylic acids is 2. The molecule has 4 rings (SSSR count). The minimum absolute atomic E-state index is 0.218. The van der Waals surface area contributed by atoms with Gasteiger partial charge in [0.15, 0.2) is 5.75 Å². The van der Waals surface area contributed by atoms with Crippen molar-refractivity contribution in [2.45, 2.75) is 6.92 Å². The van der Waals surface area contributed by atoms with Gasteiger partial charge in [-0.15, -0.1) is 0 Å². The SMILES string of the molecule is CCN1C(=O)c2cc(NC(=O)c3c(F)cccc3F)ccc2Oc2ccccc21. The molecule has 1 aliphatic rings. The van der Waals surface area contributed by atoms with Gasteiger partial charge >= 0.3 is 0 Å². The van der Waals surface area contributed by atoms with Crippen LogP contribution in [0.3, 0.4) is 0 Å². The Morgan fingerprint density at radius 2 is 1.72 bits per heavy atom. The van der Waals surface area contributed by atoms with Crippen molar-refractivity contribution < 1.29 is 23.1 Å². The average Bonchev–Trinajstić information content (AvgIpc) is 2.81. The van der Waals surface area contributed by atoms with E-state index < -0.39 is 23.1 Å². The van der Waals surface area contributed by atoms with Gasteiger partial charge in [-0.2, -0.15) is 0 Å². The first kappa shape index (κ1) is 18.6. The van der Waals surface area contributed by atoms with Gasteiger partial charge in [-0.05, 0) is 49.4 Å². The van der Waals surface area contributed by atoms with Gasteiger partial charge in [0, 0.05) is 12.2 Å². The lowest BCUT2D eigenvalue weighted by Crippen LogP contribution is -2.29. The lowest BCUT2D eigenvalue weighted by Gasteiger charge is -2.19. The Kier molecular flexibility index (Phi) is 4.72. The molecule has 0 aliphatic carbocycles. The fourth-order valence-electron chi connectivity index (χ4n) is 3.23. The van der Waals surface area contributed by atoms with Gasteiger partial charge in [-0.3, -0.25) is 9.59 Å². The number of amides is 2. The Bertz CT molecular complexity index is 1110. The molecule has 0 radical (unpaired) electrons. The van der Waals surface area contributed by atoms with Crippen molar-refractivity contribution >= 4 is 23.2 Å². The van der Waals surface area contributed by atoms with Crippen LogP contribution < -0.4 is 15.0 Å². The molecule has 1 heterocycles. The number of nitrogens with one attached hydrogen (secondary N) is 1. The first-order chi connectivity index (χ1) is 14.0. The fraction of sp³-hybridized carbons (Fsp3) is 0.0909. The molecular weight excluding hydrogens is 378 g/mol. The molecule has 146 valence electrons. The number of benzene rings is 3. The Balaban J connectivity index is 1.70. The summed E-state index contributed by atoms with van der Waals surface area (Å²) in [5.41, 5.74) is 0.396. The van der Waals surface area contributed by atoms with Crippen molar-refractivity contribution in [3.63, 3.8) is 0 Å². The molecule has 2 amide bonds. The second kappa shape index (κ2) is 7.35. The zero-order chi connectivity index (χ0) is 20.5. The lowest BCUT2D eigenvalue weighted by atomic mass is 10.1. The highest BCUT2D eigenvalue weighted by Gasteiger charge is 2.27. The summed E-state index contributed by atoms with van der Waals surface area (Å²) in [6.07, 6.45) is 0. The van der Waals surface area contributed by atoms with E-state index in [9.17, 15) is 18.4 Å². The molecule has 0 fully saturated rings. The number of ether oxygens (including phenoxy) is 1. The van der Waals surface area contributed by atoms with Gasteiger partial charge in [0.25, 0.3) is 11.8 Å². The molecule has 0 bridgehead atoms. The van der Waals surface area contributed by atoms with E-state index in [1.165, 1.54) is 24.3 Å². The summed E-state index contributed by atoms with van der Waals surface area (Å²) < 4.78 is 33.6. The van der Waals surface area contributed by atoms with Gasteiger partial charge in [0.2, 0.25) is 0 Å². The Hall–Kier alpha value is -3.74. The van der Waals surface area contributed by atoms with Crippen LogP contribution >= 0.6 is 0 Å². The molecule has 0 unspecified atom stereocenters. The van der Waals surface area contributed by atoms with Crippen molar-refractivity contribution in [3.8, 4) is 11.5 Å². The molecule has 3 aromatic rings. The van der Waals surface area contributed by atoms with Crippen LogP contribution in [0.25, 0.3) is 0 Å². The summed E-state index contributed by atoms with van der Waals surface area (Å²) in [7, 11) is 0. The number of rotatable bonds is 3. The molecule has 29 heavy (non-hydrogen) atoms. The summed E-state index contributed by atoms with van der Waals surface area (Å²) in [6.45, 7) is 2.25. The van der Waals surface area contributed by atoms with E-state index in [2.05, 4.69) is 5.32 Å². The summed E-state index contributed by atoms with van der Waals surface area (Å²) in [5.74, 6) is -2.33. The maximum atomic E-state index is 13.9. The monoisotopic (exact) mass is 394 g/mol. The third-order valence-corrected chi connectivity index (χ3v) is 4.60. The van der Waals surface area contributed by atoms with E-state index in [0.717, 1.165) is 12.1 Å². The van der Waals surface area contributed by atoms with Crippen LogP contribution in [0.15, 0.2) is 60.7 Å². The van der Waals surface area contributed by atoms with Gasteiger partial charge in [-0.25, -0.2) is 8.78 Å². The zero-order valence-electron chi connectivity index (χ0n) is 15.4. The van der Waals surface area contributed by atoms with Crippen molar-refractivity contribution in [1.82, 2.24) is 0 Å². The van der Waals surface area contributed by atoms with E-state index >= 15 is 0 Å². The summed E-state index contributed by atoms with van der Waals surface area (Å²) in [6, 6.07) is 14.8. The standard InChI is InChI=1S/C22H16F2N2O3/c1-2-26-17-8-3-4-9-19(17)29-18-11-10-13(12-14(18)22(26)28)25-21(27)20-15(23)6-5-7-16(20)24/h3-12H,2H2,1H3,(H,25,27). The van der Waals surface area contributed by atoms with Crippen LogP contribution in [-0.2, 0) is 0 Å². The normalized spacial score (nSPS) is 12.5. The minimum Gasteiger partial charge on any atom is -0.454 e. The summed E-state index contributed by atoms with van der Waals surface area (Å²) in [4.78, 5) is 27.0. The van der Waals surface area contributed by atoms with Crippen molar-refractivity contribution in [3.05, 3.63) is 83.4 Å². The van der Waals surface area contributed by atoms with Gasteiger partial charge in [0.1, 0.15) is 22.9 Å². The van der Waals surface area contributed by atoms with Gasteiger partial charge < -0.3 is 15.0 Å². The van der Waals surface area contributed by atoms with E-state index in [4.69, 9.17) is 4.74 Å². The van der Waals surface area contributed by atoms with Crippen molar-refractivity contribution in [2.24, 2.45) is 0 Å². The van der Waals surface area contributed by atoms with E-state index in [0.29, 0.717) is 23.7 Å². The highest BCUT2D eigenvalue weighted by Crippen LogP contribution is 2.39. The zero-order valence-corrected chi connectivity index (χ0v) is 15.4. The van der Waals surface area contributed by atoms with E-state index in [1.807, 2.05) is 13.0 Å². The minimum atomic E-state index is -0.968. The number of halogens is 2. The van der Waals surface area contributed by atoms with E-state index in [1.54, 1.807) is 23.1 Å². The molecule has 0 saturated carbocycles. The molecule has 7 heteroatoms. The predicted molar refractivity (Wildman–Crippen MR) is 105 cm³/mol. The lowest BCUT2D eigenvalue weighted by molar-refractivity contribution is 0.0984. The van der Waals surface area contributed by atoms with Crippen LogP contribution in [0.2, 0.25) is 0 Å². The molecule has 1 N–H and O–H groups in total. The fourth-order valence-corrected chi connectivity index (χ4v) is 3.23. The van der Waals surface area contributed by atoms with Crippen LogP contribution in [0.5, 0.6) is 11.5 Å². The second-order valence-electron chi connectivity index (χ2n) is 6.38. The number of fused-ring (bicyclic) bond motifs is 2. The number of carbonyl (C=O) groups is 2. The second-order valence-corrected chi connectivity index (χ2v) is 6.38. The van der Waals surface area contributed by atoms with Crippen LogP contribution in [0, 0.1) is 11.6 Å². The highest BCUT2D eigenvalue weighted by atomic mass is 19.1. The molecular formula is C22H16F2N2O3. The maximum Gasteiger partial charge on any atom is 0.262 e. The number of nitrogens with zero attached hydrogens (tertiary/aromatic N) is 1. The average molecular weight is 394 g/mol. The van der Waals surface area contributed by atoms with Crippen LogP contribution in [0.1, 0.15) is 27.6 Å². The molecule has 1 aliphatic heterocycles. The van der Waals surface area contributed by atoms with Crippen LogP contribution in [-0.4, -0.2) is 18.4 Å². The maximum absolute atomic E-state index is 13.9. The van der Waals surface area contributed by atoms with Gasteiger partial charge in [-0.1, -0.05) is 18.2 Å². The molecule has 3 aromatic carbocycles. The van der Waals surface area contributed by atoms with Crippen LogP contribution in [0.4, 0.5) is 20.2 Å². The topological polar surface area (TPSA) is 58.6 Å². The number of hydrogen-bond acceptors (Lipinski definition) is 3. The van der Waals surface area contributed by atoms with E-state index in [-0.39, 0.29) is 17.2 Å². The first-order valence-electron chi connectivity index (χ1n) is 8.97. The smallest absolute Gasteiger partial charge is 0.262 e. The number of hydrogen-bond donors (Lipinski definition) is 1. The van der Waals surface area contributed by atoms with Gasteiger partial charge in [0.05, 0.1) is 11.3 Å². The Morgan fingerprint density at radius 1 is 1.00 bits per heavy atom. The largest absolute Gasteiger partial charge is 0.454 e. The first-order valence-corrected chi connectivity index (χ1v) is 8.97. The molecule has 0 saturated heterocycles. The predicted octanol–water partition coefficient (Wildman–Crippen LogP) is 4.99.